The van der Waals surface area contributed by atoms with Crippen molar-refractivity contribution in [2.24, 2.45) is 0 Å². The molecule has 1 aromatic carbocycles. The predicted molar refractivity (Wildman–Crippen MR) is 89.8 cm³/mol. The van der Waals surface area contributed by atoms with Crippen LogP contribution < -0.4 is 0 Å². The zero-order valence-corrected chi connectivity index (χ0v) is 14.3. The van der Waals surface area contributed by atoms with Crippen LogP contribution in [0.4, 0.5) is 0 Å². The summed E-state index contributed by atoms with van der Waals surface area (Å²) in [4.78, 5) is 16.5. The summed E-state index contributed by atoms with van der Waals surface area (Å²) in [7, 11) is 0. The smallest absolute Gasteiger partial charge is 0.356 e. The second-order valence-electron chi connectivity index (χ2n) is 6.68. The number of hydrogen-bond donors (Lipinski definition) is 0. The molecule has 0 bridgehead atoms. The summed E-state index contributed by atoms with van der Waals surface area (Å²) >= 11 is 0. The van der Waals surface area contributed by atoms with Crippen molar-refractivity contribution in [3.63, 3.8) is 0 Å². The van der Waals surface area contributed by atoms with E-state index in [0.29, 0.717) is 5.69 Å². The summed E-state index contributed by atoms with van der Waals surface area (Å²) in [6, 6.07) is 4.72. The SMILES string of the molecule is Cc1cc2c(cc1C)C(n1cncc1C(=O)OC(C)C)CCC2. The van der Waals surface area contributed by atoms with Gasteiger partial charge in [-0.15, -0.1) is 0 Å². The molecule has 0 spiro atoms. The van der Waals surface area contributed by atoms with Gasteiger partial charge in [0.15, 0.2) is 0 Å². The van der Waals surface area contributed by atoms with Crippen molar-refractivity contribution in [2.75, 3.05) is 0 Å². The Labute approximate surface area is 137 Å². The molecule has 0 radical (unpaired) electrons. The summed E-state index contributed by atoms with van der Waals surface area (Å²) in [6.45, 7) is 8.02. The second kappa shape index (κ2) is 6.19. The number of carbonyl (C=O) groups excluding carboxylic acids is 1. The third kappa shape index (κ3) is 3.03. The average molecular weight is 312 g/mol. The van der Waals surface area contributed by atoms with Crippen LogP contribution in [0.1, 0.15) is 65.5 Å². The second-order valence-corrected chi connectivity index (χ2v) is 6.68. The largest absolute Gasteiger partial charge is 0.458 e. The van der Waals surface area contributed by atoms with Crippen LogP contribution in [0.3, 0.4) is 0 Å². The molecule has 3 rings (SSSR count). The molecule has 1 aliphatic rings. The quantitative estimate of drug-likeness (QED) is 0.805. The minimum atomic E-state index is -0.298. The number of ether oxygens (including phenoxy) is 1. The van der Waals surface area contributed by atoms with Gasteiger partial charge in [-0.05, 0) is 69.2 Å². The summed E-state index contributed by atoms with van der Waals surface area (Å²) in [5, 5.41) is 0. The molecule has 0 N–H and O–H groups in total. The highest BCUT2D eigenvalue weighted by Gasteiger charge is 2.26. The Balaban J connectivity index is 2.01. The van der Waals surface area contributed by atoms with Gasteiger partial charge in [-0.1, -0.05) is 12.1 Å². The number of imidazole rings is 1. The van der Waals surface area contributed by atoms with Gasteiger partial charge in [-0.25, -0.2) is 9.78 Å². The van der Waals surface area contributed by atoms with Crippen molar-refractivity contribution >= 4 is 5.97 Å². The molecule has 1 aliphatic carbocycles. The normalized spacial score (nSPS) is 17.2. The Hall–Kier alpha value is -2.10. The third-order valence-electron chi connectivity index (χ3n) is 4.59. The number of benzene rings is 1. The standard InChI is InChI=1S/C19H24N2O2/c1-12(2)23-19(22)18-10-20-11-21(18)17-7-5-6-15-8-13(3)14(4)9-16(15)17/h8-12,17H,5-7H2,1-4H3. The molecule has 1 heterocycles. The minimum Gasteiger partial charge on any atom is -0.458 e. The highest BCUT2D eigenvalue weighted by molar-refractivity contribution is 5.87. The molecule has 1 unspecified atom stereocenters. The van der Waals surface area contributed by atoms with Crippen LogP contribution in [0.5, 0.6) is 0 Å². The Bertz CT molecular complexity index is 731. The van der Waals surface area contributed by atoms with Gasteiger partial charge < -0.3 is 9.30 Å². The topological polar surface area (TPSA) is 44.1 Å². The van der Waals surface area contributed by atoms with Crippen molar-refractivity contribution < 1.29 is 9.53 Å². The molecule has 0 saturated carbocycles. The lowest BCUT2D eigenvalue weighted by Crippen LogP contribution is -2.22. The van der Waals surface area contributed by atoms with Gasteiger partial charge in [0, 0.05) is 0 Å². The van der Waals surface area contributed by atoms with Gasteiger partial charge >= 0.3 is 5.97 Å². The lowest BCUT2D eigenvalue weighted by atomic mass is 9.85. The van der Waals surface area contributed by atoms with Crippen LogP contribution in [-0.4, -0.2) is 21.6 Å². The van der Waals surface area contributed by atoms with Gasteiger partial charge in [-0.2, -0.15) is 0 Å². The van der Waals surface area contributed by atoms with Crippen molar-refractivity contribution in [3.8, 4) is 0 Å². The molecule has 23 heavy (non-hydrogen) atoms. The molecular weight excluding hydrogens is 288 g/mol. The van der Waals surface area contributed by atoms with E-state index >= 15 is 0 Å². The van der Waals surface area contributed by atoms with E-state index in [0.717, 1.165) is 19.3 Å². The number of hydrogen-bond acceptors (Lipinski definition) is 3. The van der Waals surface area contributed by atoms with E-state index in [2.05, 4.69) is 31.0 Å². The molecule has 0 aliphatic heterocycles. The third-order valence-corrected chi connectivity index (χ3v) is 4.59. The first-order valence-corrected chi connectivity index (χ1v) is 8.30. The van der Waals surface area contributed by atoms with Crippen molar-refractivity contribution in [2.45, 2.75) is 59.1 Å². The summed E-state index contributed by atoms with van der Waals surface area (Å²) in [5.41, 5.74) is 5.86. The number of esters is 1. The van der Waals surface area contributed by atoms with Gasteiger partial charge in [0.2, 0.25) is 0 Å². The zero-order valence-electron chi connectivity index (χ0n) is 14.3. The molecule has 2 aromatic rings. The van der Waals surface area contributed by atoms with Crippen LogP contribution in [0.25, 0.3) is 0 Å². The molecular formula is C19H24N2O2. The molecule has 122 valence electrons. The highest BCUT2D eigenvalue weighted by Crippen LogP contribution is 2.35. The number of aryl methyl sites for hydroxylation is 3. The number of rotatable bonds is 3. The summed E-state index contributed by atoms with van der Waals surface area (Å²) in [6.07, 6.45) is 6.49. The molecule has 1 aromatic heterocycles. The van der Waals surface area contributed by atoms with E-state index in [9.17, 15) is 4.79 Å². The predicted octanol–water partition coefficient (Wildman–Crippen LogP) is 3.99. The summed E-state index contributed by atoms with van der Waals surface area (Å²) in [5.74, 6) is -0.298. The van der Waals surface area contributed by atoms with Crippen LogP contribution in [-0.2, 0) is 11.2 Å². The Morgan fingerprint density at radius 2 is 2.04 bits per heavy atom. The average Bonchev–Trinajstić information content (AvgIpc) is 2.96. The van der Waals surface area contributed by atoms with E-state index in [-0.39, 0.29) is 18.1 Å². The lowest BCUT2D eigenvalue weighted by Gasteiger charge is -2.28. The molecule has 0 saturated heterocycles. The maximum absolute atomic E-state index is 12.3. The highest BCUT2D eigenvalue weighted by atomic mass is 16.5. The molecule has 1 atom stereocenters. The first-order valence-electron chi connectivity index (χ1n) is 8.30. The van der Waals surface area contributed by atoms with Crippen LogP contribution in [0, 0.1) is 13.8 Å². The van der Waals surface area contributed by atoms with Crippen molar-refractivity contribution in [3.05, 3.63) is 52.6 Å². The fraction of sp³-hybridized carbons (Fsp3) is 0.474. The molecule has 0 amide bonds. The first kappa shape index (κ1) is 15.8. The monoisotopic (exact) mass is 312 g/mol. The maximum Gasteiger partial charge on any atom is 0.356 e. The van der Waals surface area contributed by atoms with Gasteiger partial charge in [0.1, 0.15) is 5.69 Å². The Kier molecular flexibility index (Phi) is 4.24. The van der Waals surface area contributed by atoms with Crippen molar-refractivity contribution in [1.29, 1.82) is 0 Å². The number of carbonyl (C=O) groups is 1. The van der Waals surface area contributed by atoms with Crippen LogP contribution in [0.2, 0.25) is 0 Å². The zero-order chi connectivity index (χ0) is 16.6. The summed E-state index contributed by atoms with van der Waals surface area (Å²) < 4.78 is 7.34. The fourth-order valence-electron chi connectivity index (χ4n) is 3.34. The fourth-order valence-corrected chi connectivity index (χ4v) is 3.34. The lowest BCUT2D eigenvalue weighted by molar-refractivity contribution is 0.0363. The van der Waals surface area contributed by atoms with Gasteiger partial charge in [0.25, 0.3) is 0 Å². The first-order chi connectivity index (χ1) is 11.0. The van der Waals surface area contributed by atoms with E-state index in [1.54, 1.807) is 12.5 Å². The van der Waals surface area contributed by atoms with E-state index in [1.807, 2.05) is 18.4 Å². The van der Waals surface area contributed by atoms with E-state index < -0.39 is 0 Å². The Morgan fingerprint density at radius 3 is 2.78 bits per heavy atom. The van der Waals surface area contributed by atoms with E-state index in [1.165, 1.54) is 22.3 Å². The maximum atomic E-state index is 12.3. The molecule has 0 fully saturated rings. The van der Waals surface area contributed by atoms with E-state index in [4.69, 9.17) is 4.74 Å². The van der Waals surface area contributed by atoms with Gasteiger partial charge in [-0.3, -0.25) is 0 Å². The molecule has 4 nitrogen and oxygen atoms in total. The number of fused-ring (bicyclic) bond motifs is 1. The Morgan fingerprint density at radius 1 is 1.30 bits per heavy atom. The van der Waals surface area contributed by atoms with Crippen molar-refractivity contribution in [1.82, 2.24) is 9.55 Å². The number of aromatic nitrogens is 2. The van der Waals surface area contributed by atoms with Gasteiger partial charge in [0.05, 0.1) is 24.7 Å². The minimum absolute atomic E-state index is 0.130. The molecule has 4 heteroatoms. The number of nitrogens with zero attached hydrogens (tertiary/aromatic N) is 2. The van der Waals surface area contributed by atoms with Crippen LogP contribution in [0.15, 0.2) is 24.7 Å². The van der Waals surface area contributed by atoms with Crippen LogP contribution >= 0.6 is 0 Å².